The summed E-state index contributed by atoms with van der Waals surface area (Å²) in [5, 5.41) is 38.7. The van der Waals surface area contributed by atoms with Crippen LogP contribution in [-0.2, 0) is 14.4 Å². The van der Waals surface area contributed by atoms with Crippen LogP contribution in [0.25, 0.3) is 0 Å². The molecular formula is C12H26BNO7S. The van der Waals surface area contributed by atoms with Crippen LogP contribution in [-0.4, -0.2) is 84.1 Å². The second-order valence-electron chi connectivity index (χ2n) is 5.79. The number of β-amino-alcohol motifs (C(OH)–C–C–N with tert-alkyl or cyclic N) is 1. The van der Waals surface area contributed by atoms with Gasteiger partial charge in [0.1, 0.15) is 0 Å². The molecule has 0 aliphatic heterocycles. The molecule has 0 aromatic heterocycles. The summed E-state index contributed by atoms with van der Waals surface area (Å²) in [6.45, 7) is 2.45. The molecule has 8 nitrogen and oxygen atoms in total. The van der Waals surface area contributed by atoms with E-state index in [0.29, 0.717) is 6.42 Å². The van der Waals surface area contributed by atoms with Crippen molar-refractivity contribution < 1.29 is 33.5 Å². The van der Waals surface area contributed by atoms with Gasteiger partial charge >= 0.3 is 131 Å². The molecule has 0 aliphatic rings. The van der Waals surface area contributed by atoms with Crippen molar-refractivity contribution in [2.24, 2.45) is 5.92 Å². The molecule has 4 N–H and O–H groups in total. The third-order valence-corrected chi connectivity index (χ3v) is 4.59. The number of rotatable bonds is 12. The summed E-state index contributed by atoms with van der Waals surface area (Å²) in [4.78, 5) is 1.30. The fraction of sp³-hybridized carbons (Fsp3) is 1.00. The Hall–Kier alpha value is -0.385. The Morgan fingerprint density at radius 3 is 2.09 bits per heavy atom. The molecule has 0 aromatic carbocycles. The fourth-order valence-corrected chi connectivity index (χ4v) is 3.16. The Morgan fingerprint density at radius 1 is 1.18 bits per heavy atom. The maximum absolute atomic E-state index is 11.2. The molecule has 0 fully saturated rings. The van der Waals surface area contributed by atoms with Crippen LogP contribution in [0.1, 0.15) is 26.7 Å². The van der Waals surface area contributed by atoms with Gasteiger partial charge in [0.05, 0.1) is 0 Å². The average molecular weight is 339 g/mol. The molecular weight excluding hydrogens is 313 g/mol. The Morgan fingerprint density at radius 2 is 1.73 bits per heavy atom. The second kappa shape index (κ2) is 9.69. The first-order valence-corrected chi connectivity index (χ1v) is 8.85. The van der Waals surface area contributed by atoms with E-state index < -0.39 is 40.4 Å². The van der Waals surface area contributed by atoms with E-state index in [1.807, 2.05) is 13.8 Å². The van der Waals surface area contributed by atoms with Crippen LogP contribution >= 0.6 is 0 Å². The molecule has 22 heavy (non-hydrogen) atoms. The van der Waals surface area contributed by atoms with E-state index in [2.05, 4.69) is 0 Å². The molecule has 0 heterocycles. The molecule has 0 radical (unpaired) electrons. The predicted molar refractivity (Wildman–Crippen MR) is 81.0 cm³/mol. The number of hydrogen-bond acceptors (Lipinski definition) is 8. The zero-order valence-electron chi connectivity index (χ0n) is 13.1. The van der Waals surface area contributed by atoms with Gasteiger partial charge in [-0.25, -0.2) is 0 Å². The molecule has 0 saturated heterocycles. The van der Waals surface area contributed by atoms with E-state index in [9.17, 15) is 28.4 Å². The standard InChI is InChI=1S/C12H26BNO7S/c1-10(2)7-12(8-16,9-17)14(4-5-15)11(18)3-6-22(20,21)13-19/h10-11,15-18H,3-9H2,1-2H3. The first-order chi connectivity index (χ1) is 10.2. The van der Waals surface area contributed by atoms with Crippen molar-refractivity contribution in [3.05, 3.63) is 0 Å². The number of aliphatic hydroxyl groups excluding tert-OH is 4. The Kier molecular flexibility index (Phi) is 9.52. The molecule has 0 amide bonds. The summed E-state index contributed by atoms with van der Waals surface area (Å²) in [6, 6.07) is 0. The summed E-state index contributed by atoms with van der Waals surface area (Å²) < 4.78 is 32.8. The Labute approximate surface area is 131 Å². The summed E-state index contributed by atoms with van der Waals surface area (Å²) in [5.74, 6) is -0.458. The van der Waals surface area contributed by atoms with Gasteiger partial charge in [-0.15, -0.1) is 0 Å². The molecule has 10 heteroatoms. The van der Waals surface area contributed by atoms with Crippen molar-refractivity contribution in [1.82, 2.24) is 4.90 Å². The van der Waals surface area contributed by atoms with Gasteiger partial charge in [-0.1, -0.05) is 0 Å². The Bertz CT molecular complexity index is 425. The molecule has 1 atom stereocenters. The van der Waals surface area contributed by atoms with Crippen LogP contribution < -0.4 is 0 Å². The van der Waals surface area contributed by atoms with E-state index in [1.165, 1.54) is 4.90 Å². The van der Waals surface area contributed by atoms with Crippen molar-refractivity contribution in [3.8, 4) is 0 Å². The molecule has 0 aromatic rings. The molecule has 0 bridgehead atoms. The van der Waals surface area contributed by atoms with Gasteiger partial charge in [0.15, 0.2) is 0 Å². The van der Waals surface area contributed by atoms with Crippen molar-refractivity contribution in [2.45, 2.75) is 38.5 Å². The van der Waals surface area contributed by atoms with Crippen LogP contribution in [0.5, 0.6) is 0 Å². The average Bonchev–Trinajstić information content (AvgIpc) is 2.48. The van der Waals surface area contributed by atoms with Gasteiger partial charge in [0, 0.05) is 0 Å². The van der Waals surface area contributed by atoms with Gasteiger partial charge in [-0.05, 0) is 0 Å². The van der Waals surface area contributed by atoms with Gasteiger partial charge < -0.3 is 0 Å². The van der Waals surface area contributed by atoms with Crippen LogP contribution in [0.4, 0.5) is 0 Å². The number of aliphatic hydroxyl groups is 4. The van der Waals surface area contributed by atoms with Crippen molar-refractivity contribution in [2.75, 3.05) is 32.1 Å². The predicted octanol–water partition coefficient (Wildman–Crippen LogP) is -1.86. The van der Waals surface area contributed by atoms with E-state index >= 15 is 0 Å². The fourth-order valence-electron chi connectivity index (χ4n) is 2.52. The summed E-state index contributed by atoms with van der Waals surface area (Å²) in [7, 11) is -3.90. The van der Waals surface area contributed by atoms with Gasteiger partial charge in [-0.3, -0.25) is 0 Å². The first kappa shape index (κ1) is 21.6. The monoisotopic (exact) mass is 339 g/mol. The van der Waals surface area contributed by atoms with E-state index in [-0.39, 0.29) is 31.9 Å². The van der Waals surface area contributed by atoms with Crippen molar-refractivity contribution in [1.29, 1.82) is 0 Å². The van der Waals surface area contributed by atoms with Gasteiger partial charge in [0.25, 0.3) is 0 Å². The van der Waals surface area contributed by atoms with Crippen molar-refractivity contribution >= 4 is 16.1 Å². The maximum atomic E-state index is 11.2. The third kappa shape index (κ3) is 6.39. The number of nitrogens with zero attached hydrogens (tertiary/aromatic N) is 1. The molecule has 0 rings (SSSR count). The van der Waals surface area contributed by atoms with Gasteiger partial charge in [0.2, 0.25) is 0 Å². The zero-order chi connectivity index (χ0) is 17.4. The Balaban J connectivity index is 5.25. The van der Waals surface area contributed by atoms with E-state index in [1.54, 1.807) is 0 Å². The van der Waals surface area contributed by atoms with Crippen molar-refractivity contribution in [3.63, 3.8) is 0 Å². The topological polar surface area (TPSA) is 135 Å². The van der Waals surface area contributed by atoms with E-state index in [0.717, 1.165) is 0 Å². The minimum absolute atomic E-state index is 0.0455. The van der Waals surface area contributed by atoms with Crippen LogP contribution in [0, 0.1) is 5.92 Å². The quantitative estimate of drug-likeness (QED) is 0.240. The molecule has 0 spiro atoms. The molecule has 1 unspecified atom stereocenters. The van der Waals surface area contributed by atoms with Gasteiger partial charge in [-0.2, -0.15) is 0 Å². The summed E-state index contributed by atoms with van der Waals surface area (Å²) in [6.07, 6.45) is -1.41. The third-order valence-electron chi connectivity index (χ3n) is 3.49. The molecule has 0 aliphatic carbocycles. The summed E-state index contributed by atoms with van der Waals surface area (Å²) >= 11 is 0. The molecule has 130 valence electrons. The van der Waals surface area contributed by atoms with E-state index in [4.69, 9.17) is 5.11 Å². The first-order valence-electron chi connectivity index (χ1n) is 7.13. The van der Waals surface area contributed by atoms with Crippen LogP contribution in [0.2, 0.25) is 0 Å². The SMILES string of the molecule is CC(C)CC(CO)(CO)N(CCO)C(O)CCS(=O)(=O)B=O. The second-order valence-corrected chi connectivity index (χ2v) is 7.71. The number of hydrogen-bond donors (Lipinski definition) is 4. The normalized spacial score (nSPS) is 14.4. The zero-order valence-corrected chi connectivity index (χ0v) is 13.9. The minimum atomic E-state index is -3.90. The summed E-state index contributed by atoms with van der Waals surface area (Å²) in [5.41, 5.74) is -1.18. The van der Waals surface area contributed by atoms with Crippen LogP contribution in [0.15, 0.2) is 0 Å². The molecule has 0 saturated carbocycles. The van der Waals surface area contributed by atoms with Crippen LogP contribution in [0.3, 0.4) is 0 Å².